The van der Waals surface area contributed by atoms with Crippen LogP contribution < -0.4 is 5.32 Å². The number of aliphatic hydroxyl groups is 1. The van der Waals surface area contributed by atoms with Crippen LogP contribution in [-0.2, 0) is 5.60 Å². The Hall–Kier alpha value is -2.44. The number of rotatable bonds is 5. The summed E-state index contributed by atoms with van der Waals surface area (Å²) in [4.78, 5) is 16.9. The SMILES string of the molecule is CC(C)[C@H]1CC[C@H](n2cc3cc(NC(=O)c4ncccc4Cl)c(C(C)(C)O)cc3n2)CC1. The van der Waals surface area contributed by atoms with Crippen LogP contribution in [0.3, 0.4) is 0 Å². The molecule has 2 aromatic heterocycles. The molecule has 1 saturated carbocycles. The largest absolute Gasteiger partial charge is 0.386 e. The molecule has 1 aromatic carbocycles. The van der Waals surface area contributed by atoms with Gasteiger partial charge in [0.2, 0.25) is 0 Å². The highest BCUT2D eigenvalue weighted by Crippen LogP contribution is 2.37. The molecule has 7 heteroatoms. The Morgan fingerprint density at radius 3 is 2.59 bits per heavy atom. The summed E-state index contributed by atoms with van der Waals surface area (Å²) in [7, 11) is 0. The normalized spacial score (nSPS) is 19.5. The lowest BCUT2D eigenvalue weighted by molar-refractivity contribution is 0.0793. The van der Waals surface area contributed by atoms with Crippen LogP contribution in [0, 0.1) is 11.8 Å². The Morgan fingerprint density at radius 2 is 1.97 bits per heavy atom. The van der Waals surface area contributed by atoms with E-state index in [-0.39, 0.29) is 10.7 Å². The molecule has 2 heterocycles. The number of fused-ring (bicyclic) bond motifs is 1. The van der Waals surface area contributed by atoms with Gasteiger partial charge in [0.1, 0.15) is 5.69 Å². The number of anilines is 1. The maximum atomic E-state index is 12.8. The van der Waals surface area contributed by atoms with Gasteiger partial charge in [-0.1, -0.05) is 25.4 Å². The van der Waals surface area contributed by atoms with Gasteiger partial charge < -0.3 is 10.4 Å². The molecule has 1 amide bonds. The van der Waals surface area contributed by atoms with Crippen LogP contribution in [0.4, 0.5) is 5.69 Å². The molecule has 3 aromatic rings. The summed E-state index contributed by atoms with van der Waals surface area (Å²) < 4.78 is 2.07. The number of amides is 1. The van der Waals surface area contributed by atoms with Crippen molar-refractivity contribution in [1.82, 2.24) is 14.8 Å². The minimum Gasteiger partial charge on any atom is -0.386 e. The van der Waals surface area contributed by atoms with Crippen molar-refractivity contribution in [2.24, 2.45) is 11.8 Å². The fourth-order valence-corrected chi connectivity index (χ4v) is 4.86. The number of hydrogen-bond donors (Lipinski definition) is 2. The third-order valence-corrected chi connectivity index (χ3v) is 6.91. The summed E-state index contributed by atoms with van der Waals surface area (Å²) >= 11 is 6.14. The zero-order valence-electron chi connectivity index (χ0n) is 19.1. The molecule has 1 aliphatic rings. The first kappa shape index (κ1) is 22.7. The van der Waals surface area contributed by atoms with Gasteiger partial charge in [-0.2, -0.15) is 5.10 Å². The maximum Gasteiger partial charge on any atom is 0.275 e. The monoisotopic (exact) mass is 454 g/mol. The molecule has 2 N–H and O–H groups in total. The smallest absolute Gasteiger partial charge is 0.275 e. The molecule has 1 aliphatic carbocycles. The first-order valence-corrected chi connectivity index (χ1v) is 11.7. The number of nitrogens with zero attached hydrogens (tertiary/aromatic N) is 3. The molecular formula is C25H31ClN4O2. The molecule has 0 radical (unpaired) electrons. The zero-order valence-corrected chi connectivity index (χ0v) is 19.9. The van der Waals surface area contributed by atoms with E-state index in [4.69, 9.17) is 16.7 Å². The molecule has 0 aliphatic heterocycles. The number of pyridine rings is 1. The second kappa shape index (κ2) is 8.83. The maximum absolute atomic E-state index is 12.8. The number of benzene rings is 1. The molecule has 6 nitrogen and oxygen atoms in total. The van der Waals surface area contributed by atoms with Gasteiger partial charge in [0.25, 0.3) is 5.91 Å². The second-order valence-corrected chi connectivity index (χ2v) is 10.1. The van der Waals surface area contributed by atoms with E-state index in [2.05, 4.69) is 28.8 Å². The van der Waals surface area contributed by atoms with E-state index in [1.807, 2.05) is 18.3 Å². The number of carbonyl (C=O) groups is 1. The van der Waals surface area contributed by atoms with Crippen molar-refractivity contribution in [2.75, 3.05) is 5.32 Å². The van der Waals surface area contributed by atoms with Crippen LogP contribution in [0.2, 0.25) is 5.02 Å². The van der Waals surface area contributed by atoms with Crippen molar-refractivity contribution >= 4 is 34.1 Å². The Bertz CT molecular complexity index is 1120. The summed E-state index contributed by atoms with van der Waals surface area (Å²) in [5.41, 5.74) is 0.915. The molecule has 0 spiro atoms. The van der Waals surface area contributed by atoms with E-state index in [0.29, 0.717) is 17.3 Å². The lowest BCUT2D eigenvalue weighted by Gasteiger charge is -2.30. The topological polar surface area (TPSA) is 80.0 Å². The molecule has 0 unspecified atom stereocenters. The van der Waals surface area contributed by atoms with Crippen LogP contribution in [0.15, 0.2) is 36.7 Å². The van der Waals surface area contributed by atoms with Crippen LogP contribution in [0.25, 0.3) is 10.9 Å². The predicted octanol–water partition coefficient (Wildman–Crippen LogP) is 5.95. The Balaban J connectivity index is 1.65. The first-order chi connectivity index (χ1) is 15.1. The quantitative estimate of drug-likeness (QED) is 0.499. The van der Waals surface area contributed by atoms with Crippen molar-refractivity contribution in [3.8, 4) is 0 Å². The number of halogens is 1. The van der Waals surface area contributed by atoms with E-state index in [1.165, 1.54) is 19.0 Å². The average molecular weight is 455 g/mol. The lowest BCUT2D eigenvalue weighted by Crippen LogP contribution is -2.21. The van der Waals surface area contributed by atoms with E-state index >= 15 is 0 Å². The summed E-state index contributed by atoms with van der Waals surface area (Å²) in [5.74, 6) is 1.10. The zero-order chi connectivity index (χ0) is 23.0. The van der Waals surface area contributed by atoms with Crippen molar-refractivity contribution in [1.29, 1.82) is 0 Å². The summed E-state index contributed by atoms with van der Waals surface area (Å²) in [6.45, 7) is 8.00. The summed E-state index contributed by atoms with van der Waals surface area (Å²) in [5, 5.41) is 19.7. The average Bonchev–Trinajstić information content (AvgIpc) is 3.16. The van der Waals surface area contributed by atoms with Gasteiger partial charge >= 0.3 is 0 Å². The van der Waals surface area contributed by atoms with Crippen molar-refractivity contribution in [3.05, 3.63) is 52.9 Å². The van der Waals surface area contributed by atoms with E-state index in [9.17, 15) is 9.90 Å². The summed E-state index contributed by atoms with van der Waals surface area (Å²) in [6.07, 6.45) is 8.26. The van der Waals surface area contributed by atoms with Crippen LogP contribution in [-0.4, -0.2) is 25.8 Å². The number of hydrogen-bond acceptors (Lipinski definition) is 4. The van der Waals surface area contributed by atoms with Gasteiger partial charge in [0.05, 0.1) is 22.2 Å². The molecule has 0 atom stereocenters. The van der Waals surface area contributed by atoms with E-state index in [0.717, 1.165) is 35.6 Å². The Morgan fingerprint density at radius 1 is 1.25 bits per heavy atom. The number of aromatic nitrogens is 3. The van der Waals surface area contributed by atoms with Crippen molar-refractivity contribution in [2.45, 2.75) is 65.0 Å². The summed E-state index contributed by atoms with van der Waals surface area (Å²) in [6, 6.07) is 7.42. The molecule has 0 saturated heterocycles. The van der Waals surface area contributed by atoms with E-state index in [1.54, 1.807) is 26.0 Å². The van der Waals surface area contributed by atoms with Gasteiger partial charge in [-0.05, 0) is 75.6 Å². The highest BCUT2D eigenvalue weighted by atomic mass is 35.5. The second-order valence-electron chi connectivity index (χ2n) is 9.73. The number of carbonyl (C=O) groups excluding carboxylic acids is 1. The molecule has 170 valence electrons. The van der Waals surface area contributed by atoms with Crippen molar-refractivity contribution in [3.63, 3.8) is 0 Å². The van der Waals surface area contributed by atoms with Crippen molar-refractivity contribution < 1.29 is 9.90 Å². The Kier molecular flexibility index (Phi) is 6.28. The molecule has 32 heavy (non-hydrogen) atoms. The van der Waals surface area contributed by atoms with Gasteiger partial charge in [-0.15, -0.1) is 0 Å². The fraction of sp³-hybridized carbons (Fsp3) is 0.480. The van der Waals surface area contributed by atoms with E-state index < -0.39 is 11.5 Å². The lowest BCUT2D eigenvalue weighted by atomic mass is 9.80. The molecular weight excluding hydrogens is 424 g/mol. The standard InChI is InChI=1S/C25H31ClN4O2/c1-15(2)16-7-9-18(10-8-16)30-14-17-12-22(19(25(3,4)32)13-21(17)29-30)28-24(31)23-20(26)6-5-11-27-23/h5-6,11-16,18,32H,7-10H2,1-4H3,(H,28,31)/t16-,18-. The minimum atomic E-state index is -1.16. The van der Waals surface area contributed by atoms with Gasteiger partial charge in [0.15, 0.2) is 0 Å². The molecule has 1 fully saturated rings. The first-order valence-electron chi connectivity index (χ1n) is 11.3. The Labute approximate surface area is 194 Å². The highest BCUT2D eigenvalue weighted by molar-refractivity contribution is 6.34. The molecule has 0 bridgehead atoms. The predicted molar refractivity (Wildman–Crippen MR) is 128 cm³/mol. The highest BCUT2D eigenvalue weighted by Gasteiger charge is 2.27. The minimum absolute atomic E-state index is 0.147. The van der Waals surface area contributed by atoms with Crippen LogP contribution >= 0.6 is 11.6 Å². The number of nitrogens with one attached hydrogen (secondary N) is 1. The van der Waals surface area contributed by atoms with Gasteiger partial charge in [-0.25, -0.2) is 4.98 Å². The fourth-order valence-electron chi connectivity index (χ4n) is 4.65. The van der Waals surface area contributed by atoms with Crippen LogP contribution in [0.1, 0.15) is 75.5 Å². The molecule has 4 rings (SSSR count). The van der Waals surface area contributed by atoms with Crippen LogP contribution in [0.5, 0.6) is 0 Å². The van der Waals surface area contributed by atoms with Gasteiger partial charge in [0, 0.05) is 29.0 Å². The van der Waals surface area contributed by atoms with Gasteiger partial charge in [-0.3, -0.25) is 9.48 Å². The third kappa shape index (κ3) is 4.66. The third-order valence-electron chi connectivity index (χ3n) is 6.60.